The van der Waals surface area contributed by atoms with E-state index in [0.717, 1.165) is 6.04 Å². The molecule has 9 heavy (non-hydrogen) atoms. The van der Waals surface area contributed by atoms with E-state index < -0.39 is 0 Å². The van der Waals surface area contributed by atoms with E-state index in [9.17, 15) is 0 Å². The minimum atomic E-state index is 0.476. The van der Waals surface area contributed by atoms with Crippen molar-refractivity contribution in [3.05, 3.63) is 0 Å². The number of hydrogen-bond donors (Lipinski definition) is 1. The second-order valence-electron chi connectivity index (χ2n) is 4.24. The number of rotatable bonds is 2. The molecule has 0 aromatic rings. The number of hydrogen-bond acceptors (Lipinski definition) is 0. The first-order chi connectivity index (χ1) is 3.92. The van der Waals surface area contributed by atoms with Crippen LogP contribution in [0.15, 0.2) is 0 Å². The second kappa shape index (κ2) is 3.21. The summed E-state index contributed by atoms with van der Waals surface area (Å²) >= 11 is 0. The van der Waals surface area contributed by atoms with Gasteiger partial charge >= 0.3 is 0 Å². The Bertz CT molecular complexity index is 69.1. The topological polar surface area (TPSA) is 16.6 Å². The molecule has 0 amide bonds. The number of nitrogens with two attached hydrogens (primary N) is 1. The predicted octanol–water partition coefficient (Wildman–Crippen LogP) is 1.00. The minimum absolute atomic E-state index is 0.476. The van der Waals surface area contributed by atoms with E-state index >= 15 is 0 Å². The fourth-order valence-electron chi connectivity index (χ4n) is 0.589. The Morgan fingerprint density at radius 2 is 1.67 bits per heavy atom. The van der Waals surface area contributed by atoms with E-state index in [2.05, 4.69) is 39.9 Å². The molecule has 0 aromatic heterocycles. The van der Waals surface area contributed by atoms with Crippen molar-refractivity contribution in [2.45, 2.75) is 40.7 Å². The molecule has 0 aliphatic rings. The smallest absolute Gasteiger partial charge is 0.0806 e. The zero-order chi connectivity index (χ0) is 7.49. The first-order valence-corrected chi connectivity index (χ1v) is 3.75. The Morgan fingerprint density at radius 1 is 1.22 bits per heavy atom. The third-order valence-corrected chi connectivity index (χ3v) is 1.20. The van der Waals surface area contributed by atoms with Gasteiger partial charge in [-0.15, -0.1) is 0 Å². The Kier molecular flexibility index (Phi) is 3.20. The lowest BCUT2D eigenvalue weighted by Crippen LogP contribution is -2.90. The van der Waals surface area contributed by atoms with E-state index in [1.807, 2.05) is 0 Å². The van der Waals surface area contributed by atoms with Crippen molar-refractivity contribution in [1.29, 1.82) is 0 Å². The molecule has 0 aromatic carbocycles. The van der Waals surface area contributed by atoms with Gasteiger partial charge in [-0.25, -0.2) is 0 Å². The third-order valence-electron chi connectivity index (χ3n) is 1.20. The van der Waals surface area contributed by atoms with Gasteiger partial charge in [0.15, 0.2) is 0 Å². The van der Waals surface area contributed by atoms with E-state index in [1.54, 1.807) is 0 Å². The minimum Gasteiger partial charge on any atom is -0.344 e. The van der Waals surface area contributed by atoms with Crippen molar-refractivity contribution in [2.24, 2.45) is 5.41 Å². The van der Waals surface area contributed by atoms with Crippen LogP contribution in [-0.4, -0.2) is 12.6 Å². The van der Waals surface area contributed by atoms with Gasteiger partial charge in [0.05, 0.1) is 12.6 Å². The molecule has 0 saturated carbocycles. The van der Waals surface area contributed by atoms with Crippen LogP contribution in [0.3, 0.4) is 0 Å². The molecule has 56 valence electrons. The van der Waals surface area contributed by atoms with E-state index in [0.29, 0.717) is 5.41 Å². The van der Waals surface area contributed by atoms with Gasteiger partial charge in [-0.05, 0) is 13.8 Å². The summed E-state index contributed by atoms with van der Waals surface area (Å²) in [4.78, 5) is 0. The summed E-state index contributed by atoms with van der Waals surface area (Å²) < 4.78 is 0. The Balaban J connectivity index is 3.28. The van der Waals surface area contributed by atoms with Crippen LogP contribution in [-0.2, 0) is 0 Å². The van der Waals surface area contributed by atoms with Crippen molar-refractivity contribution in [3.8, 4) is 0 Å². The molecule has 0 fully saturated rings. The van der Waals surface area contributed by atoms with Crippen molar-refractivity contribution >= 4 is 0 Å². The van der Waals surface area contributed by atoms with Gasteiger partial charge in [-0.2, -0.15) is 0 Å². The van der Waals surface area contributed by atoms with Crippen LogP contribution in [0.4, 0.5) is 0 Å². The Labute approximate surface area is 58.8 Å². The average molecular weight is 130 g/mol. The molecule has 1 heteroatoms. The van der Waals surface area contributed by atoms with Crippen LogP contribution >= 0.6 is 0 Å². The second-order valence-corrected chi connectivity index (χ2v) is 4.24. The molecule has 0 saturated heterocycles. The van der Waals surface area contributed by atoms with Crippen LogP contribution in [0.5, 0.6) is 0 Å². The van der Waals surface area contributed by atoms with Gasteiger partial charge in [0.25, 0.3) is 0 Å². The quantitative estimate of drug-likeness (QED) is 0.574. The maximum absolute atomic E-state index is 2.38. The highest BCUT2D eigenvalue weighted by Crippen LogP contribution is 2.07. The molecule has 0 atom stereocenters. The van der Waals surface area contributed by atoms with Gasteiger partial charge in [0, 0.05) is 5.41 Å². The molecule has 2 N–H and O–H groups in total. The molecular formula is C8H20N+. The maximum atomic E-state index is 2.38. The van der Waals surface area contributed by atoms with Gasteiger partial charge in [-0.1, -0.05) is 20.8 Å². The van der Waals surface area contributed by atoms with Crippen molar-refractivity contribution in [2.75, 3.05) is 6.54 Å². The first kappa shape index (κ1) is 8.96. The highest BCUT2D eigenvalue weighted by molar-refractivity contribution is 4.56. The first-order valence-electron chi connectivity index (χ1n) is 3.75. The normalized spacial score (nSPS) is 12.7. The summed E-state index contributed by atoms with van der Waals surface area (Å²) in [5, 5.41) is 2.38. The van der Waals surface area contributed by atoms with E-state index in [-0.39, 0.29) is 0 Å². The molecule has 1 nitrogen and oxygen atoms in total. The molecule has 0 unspecified atom stereocenters. The molecule has 0 aliphatic heterocycles. The zero-order valence-corrected chi connectivity index (χ0v) is 7.36. The molecule has 0 spiro atoms. The van der Waals surface area contributed by atoms with Crippen LogP contribution in [0.1, 0.15) is 34.6 Å². The summed E-state index contributed by atoms with van der Waals surface area (Å²) in [6.45, 7) is 12.5. The van der Waals surface area contributed by atoms with Crippen LogP contribution in [0.25, 0.3) is 0 Å². The summed E-state index contributed by atoms with van der Waals surface area (Å²) in [6, 6.07) is 0.740. The van der Waals surface area contributed by atoms with Gasteiger partial charge in [0.1, 0.15) is 0 Å². The van der Waals surface area contributed by atoms with Gasteiger partial charge in [-0.3, -0.25) is 0 Å². The zero-order valence-electron chi connectivity index (χ0n) is 7.36. The van der Waals surface area contributed by atoms with Gasteiger partial charge < -0.3 is 5.32 Å². The molecule has 0 rings (SSSR count). The average Bonchev–Trinajstić information content (AvgIpc) is 1.59. The fraction of sp³-hybridized carbons (Fsp3) is 1.00. The molecular weight excluding hydrogens is 110 g/mol. The lowest BCUT2D eigenvalue weighted by molar-refractivity contribution is -0.692. The highest BCUT2D eigenvalue weighted by Gasteiger charge is 2.12. The highest BCUT2D eigenvalue weighted by atomic mass is 14.9. The van der Waals surface area contributed by atoms with Crippen molar-refractivity contribution in [3.63, 3.8) is 0 Å². The standard InChI is InChI=1S/C8H19N/c1-7(2)9-6-8(3,4)5/h7,9H,6H2,1-5H3/p+1. The van der Waals surface area contributed by atoms with Crippen LogP contribution < -0.4 is 5.32 Å². The summed E-state index contributed by atoms with van der Waals surface area (Å²) in [6.07, 6.45) is 0. The number of quaternary nitrogens is 1. The SMILES string of the molecule is CC(C)[NH2+]CC(C)(C)C. The van der Waals surface area contributed by atoms with Crippen molar-refractivity contribution in [1.82, 2.24) is 0 Å². The molecule has 0 aliphatic carbocycles. The monoisotopic (exact) mass is 130 g/mol. The Hall–Kier alpha value is -0.0400. The lowest BCUT2D eigenvalue weighted by Gasteiger charge is -2.17. The largest absolute Gasteiger partial charge is 0.344 e. The molecule has 0 radical (unpaired) electrons. The Morgan fingerprint density at radius 3 is 1.78 bits per heavy atom. The molecule has 0 bridgehead atoms. The maximum Gasteiger partial charge on any atom is 0.0806 e. The third kappa shape index (κ3) is 7.96. The molecule has 0 heterocycles. The lowest BCUT2D eigenvalue weighted by atomic mass is 9.97. The summed E-state index contributed by atoms with van der Waals surface area (Å²) in [7, 11) is 0. The van der Waals surface area contributed by atoms with Crippen LogP contribution in [0, 0.1) is 5.41 Å². The van der Waals surface area contributed by atoms with E-state index in [1.165, 1.54) is 6.54 Å². The van der Waals surface area contributed by atoms with E-state index in [4.69, 9.17) is 0 Å². The summed E-state index contributed by atoms with van der Waals surface area (Å²) in [5.74, 6) is 0. The summed E-state index contributed by atoms with van der Waals surface area (Å²) in [5.41, 5.74) is 0.476. The van der Waals surface area contributed by atoms with Gasteiger partial charge in [0.2, 0.25) is 0 Å². The predicted molar refractivity (Wildman–Crippen MR) is 41.4 cm³/mol. The van der Waals surface area contributed by atoms with Crippen LogP contribution in [0.2, 0.25) is 0 Å². The van der Waals surface area contributed by atoms with Crippen molar-refractivity contribution < 1.29 is 5.32 Å². The fourth-order valence-corrected chi connectivity index (χ4v) is 0.589.